The lowest BCUT2D eigenvalue weighted by atomic mass is 10.1. The third kappa shape index (κ3) is 3.27. The third-order valence-corrected chi connectivity index (χ3v) is 8.37. The van der Waals surface area contributed by atoms with Gasteiger partial charge in [0.1, 0.15) is 19.7 Å². The van der Waals surface area contributed by atoms with Crippen molar-refractivity contribution >= 4 is 49.4 Å². The molecule has 0 amide bonds. The molecule has 4 aromatic rings. The molecule has 1 unspecified atom stereocenters. The Morgan fingerprint density at radius 3 is 2.79 bits per heavy atom. The van der Waals surface area contributed by atoms with E-state index in [9.17, 15) is 4.21 Å². The highest BCUT2D eigenvalue weighted by Gasteiger charge is 2.23. The van der Waals surface area contributed by atoms with E-state index in [1.165, 1.54) is 11.3 Å². The normalized spacial score (nSPS) is 12.7. The van der Waals surface area contributed by atoms with Crippen LogP contribution in [-0.2, 0) is 17.8 Å². The van der Waals surface area contributed by atoms with E-state index < -0.39 is 10.8 Å². The van der Waals surface area contributed by atoms with Crippen molar-refractivity contribution in [3.8, 4) is 22.0 Å². The Labute approximate surface area is 173 Å². The molecule has 146 valence electrons. The zero-order valence-electron chi connectivity index (χ0n) is 15.9. The molecule has 0 fully saturated rings. The zero-order chi connectivity index (χ0) is 19.8. The first kappa shape index (κ1) is 19.2. The highest BCUT2D eigenvalue weighted by atomic mass is 32.2. The summed E-state index contributed by atoms with van der Waals surface area (Å²) in [6.07, 6.45) is 5.48. The smallest absolute Gasteiger partial charge is 0.141 e. The van der Waals surface area contributed by atoms with Crippen molar-refractivity contribution in [2.75, 3.05) is 11.5 Å². The van der Waals surface area contributed by atoms with Gasteiger partial charge in [-0.15, -0.1) is 22.7 Å². The lowest BCUT2D eigenvalue weighted by molar-refractivity contribution is 0.681. The van der Waals surface area contributed by atoms with Crippen LogP contribution in [0.15, 0.2) is 28.2 Å². The van der Waals surface area contributed by atoms with Crippen LogP contribution >= 0.6 is 22.7 Å². The van der Waals surface area contributed by atoms with Gasteiger partial charge in [-0.3, -0.25) is 4.21 Å². The second kappa shape index (κ2) is 7.73. The summed E-state index contributed by atoms with van der Waals surface area (Å²) in [6, 6.07) is 2.02. The molecule has 1 atom stereocenters. The average Bonchev–Trinajstić information content (AvgIpc) is 3.40. The number of hydrogen-bond donors (Lipinski definition) is 1. The standard InChI is InChI=1S/C19H21N5OS3/c1-4-5-8-28(25)19-15(20)14-12(16-11(2)22-10-24(16)3)9-13(23-18(14)27-19)17-21-6-7-26-17/h6-7,9-10H,4-5,8,20H2,1-3H3. The quantitative estimate of drug-likeness (QED) is 0.481. The molecule has 0 aliphatic heterocycles. The topological polar surface area (TPSA) is 86.7 Å². The lowest BCUT2D eigenvalue weighted by Crippen LogP contribution is -1.99. The van der Waals surface area contributed by atoms with Crippen molar-refractivity contribution in [3.63, 3.8) is 0 Å². The van der Waals surface area contributed by atoms with Gasteiger partial charge in [0.05, 0.1) is 34.2 Å². The van der Waals surface area contributed by atoms with Crippen LogP contribution in [0, 0.1) is 6.92 Å². The predicted molar refractivity (Wildman–Crippen MR) is 118 cm³/mol. The van der Waals surface area contributed by atoms with Gasteiger partial charge in [0, 0.05) is 35.3 Å². The first-order valence-electron chi connectivity index (χ1n) is 9.00. The molecule has 9 heteroatoms. The molecular formula is C19H21N5OS3. The van der Waals surface area contributed by atoms with E-state index in [1.54, 1.807) is 23.9 Å². The van der Waals surface area contributed by atoms with E-state index in [4.69, 9.17) is 10.7 Å². The van der Waals surface area contributed by atoms with Gasteiger partial charge in [-0.05, 0) is 19.4 Å². The van der Waals surface area contributed by atoms with Crippen LogP contribution in [0.1, 0.15) is 25.5 Å². The number of nitrogens with zero attached hydrogens (tertiary/aromatic N) is 4. The molecule has 4 aromatic heterocycles. The first-order chi connectivity index (χ1) is 13.5. The Balaban J connectivity index is 1.99. The largest absolute Gasteiger partial charge is 0.396 e. The maximum absolute atomic E-state index is 12.8. The van der Waals surface area contributed by atoms with Gasteiger partial charge in [-0.25, -0.2) is 15.0 Å². The second-order valence-electron chi connectivity index (χ2n) is 6.57. The van der Waals surface area contributed by atoms with Crippen LogP contribution in [0.5, 0.6) is 0 Å². The molecule has 0 bridgehead atoms. The minimum Gasteiger partial charge on any atom is -0.396 e. The molecule has 0 spiro atoms. The van der Waals surface area contributed by atoms with Gasteiger partial charge in [-0.2, -0.15) is 0 Å². The number of imidazole rings is 1. The van der Waals surface area contributed by atoms with E-state index in [0.29, 0.717) is 15.6 Å². The summed E-state index contributed by atoms with van der Waals surface area (Å²) in [4.78, 5) is 14.5. The van der Waals surface area contributed by atoms with Crippen molar-refractivity contribution in [2.24, 2.45) is 7.05 Å². The number of fused-ring (bicyclic) bond motifs is 1. The SMILES string of the molecule is CCCCS(=O)c1sc2nc(-c3nccs3)cc(-c3c(C)ncn3C)c2c1N. The van der Waals surface area contributed by atoms with E-state index in [2.05, 4.69) is 16.9 Å². The molecule has 0 radical (unpaired) electrons. The van der Waals surface area contributed by atoms with Crippen LogP contribution in [0.4, 0.5) is 5.69 Å². The second-order valence-corrected chi connectivity index (χ2v) is 10.2. The van der Waals surface area contributed by atoms with E-state index in [-0.39, 0.29) is 0 Å². The number of aromatic nitrogens is 4. The summed E-state index contributed by atoms with van der Waals surface area (Å²) in [5, 5.41) is 3.64. The molecule has 6 nitrogen and oxygen atoms in total. The first-order valence-corrected chi connectivity index (χ1v) is 12.0. The van der Waals surface area contributed by atoms with Crippen molar-refractivity contribution in [1.82, 2.24) is 19.5 Å². The molecule has 0 aliphatic rings. The fraction of sp³-hybridized carbons (Fsp3) is 0.316. The van der Waals surface area contributed by atoms with Crippen LogP contribution < -0.4 is 5.73 Å². The molecule has 0 aliphatic carbocycles. The molecule has 4 heterocycles. The van der Waals surface area contributed by atoms with Gasteiger partial charge in [-0.1, -0.05) is 13.3 Å². The van der Waals surface area contributed by atoms with Crippen LogP contribution in [0.3, 0.4) is 0 Å². The van der Waals surface area contributed by atoms with Gasteiger partial charge in [0.2, 0.25) is 0 Å². The van der Waals surface area contributed by atoms with Gasteiger partial charge in [0.15, 0.2) is 0 Å². The number of pyridine rings is 1. The number of nitrogens with two attached hydrogens (primary N) is 1. The summed E-state index contributed by atoms with van der Waals surface area (Å²) >= 11 is 2.97. The average molecular weight is 432 g/mol. The Hall–Kier alpha value is -2.10. The maximum Gasteiger partial charge on any atom is 0.141 e. The number of hydrogen-bond acceptors (Lipinski definition) is 7. The highest BCUT2D eigenvalue weighted by molar-refractivity contribution is 7.87. The summed E-state index contributed by atoms with van der Waals surface area (Å²) in [5.74, 6) is 0.618. The number of thiazole rings is 1. The summed E-state index contributed by atoms with van der Waals surface area (Å²) in [7, 11) is 0.847. The summed E-state index contributed by atoms with van der Waals surface area (Å²) in [5.41, 5.74) is 10.8. The zero-order valence-corrected chi connectivity index (χ0v) is 18.4. The van der Waals surface area contributed by atoms with Crippen molar-refractivity contribution in [3.05, 3.63) is 29.7 Å². The molecule has 2 N–H and O–H groups in total. The fourth-order valence-corrected chi connectivity index (χ4v) is 6.61. The molecular weight excluding hydrogens is 410 g/mol. The monoisotopic (exact) mass is 431 g/mol. The Kier molecular flexibility index (Phi) is 5.31. The van der Waals surface area contributed by atoms with Crippen molar-refractivity contribution in [2.45, 2.75) is 30.9 Å². The van der Waals surface area contributed by atoms with E-state index in [0.717, 1.165) is 50.7 Å². The maximum atomic E-state index is 12.8. The predicted octanol–water partition coefficient (Wildman–Crippen LogP) is 4.62. The Morgan fingerprint density at radius 1 is 1.32 bits per heavy atom. The van der Waals surface area contributed by atoms with Gasteiger partial charge >= 0.3 is 0 Å². The van der Waals surface area contributed by atoms with Gasteiger partial charge < -0.3 is 10.3 Å². The van der Waals surface area contributed by atoms with E-state index in [1.807, 2.05) is 30.0 Å². The number of nitrogen functional groups attached to an aromatic ring is 1. The van der Waals surface area contributed by atoms with Crippen molar-refractivity contribution < 1.29 is 4.21 Å². The molecule has 0 saturated carbocycles. The minimum atomic E-state index is -1.12. The molecule has 28 heavy (non-hydrogen) atoms. The number of thiophene rings is 1. The lowest BCUT2D eigenvalue weighted by Gasteiger charge is -2.09. The van der Waals surface area contributed by atoms with Crippen LogP contribution in [0.25, 0.3) is 32.2 Å². The third-order valence-electron chi connectivity index (χ3n) is 4.58. The molecule has 0 saturated heterocycles. The number of aryl methyl sites for hydroxylation is 2. The summed E-state index contributed by atoms with van der Waals surface area (Å²) in [6.45, 7) is 4.07. The molecule has 4 rings (SSSR count). The summed E-state index contributed by atoms with van der Waals surface area (Å²) < 4.78 is 15.5. The van der Waals surface area contributed by atoms with Gasteiger partial charge in [0.25, 0.3) is 0 Å². The highest BCUT2D eigenvalue weighted by Crippen LogP contribution is 2.43. The number of anilines is 1. The molecule has 0 aromatic carbocycles. The number of unbranched alkanes of at least 4 members (excludes halogenated alkanes) is 1. The Bertz CT molecular complexity index is 1140. The van der Waals surface area contributed by atoms with E-state index >= 15 is 0 Å². The minimum absolute atomic E-state index is 0.572. The Morgan fingerprint density at radius 2 is 2.14 bits per heavy atom. The van der Waals surface area contributed by atoms with Crippen molar-refractivity contribution in [1.29, 1.82) is 0 Å². The number of rotatable bonds is 6. The van der Waals surface area contributed by atoms with Crippen LogP contribution in [-0.4, -0.2) is 29.5 Å². The fourth-order valence-electron chi connectivity index (χ4n) is 3.22. The van der Waals surface area contributed by atoms with Crippen LogP contribution in [0.2, 0.25) is 0 Å².